The van der Waals surface area contributed by atoms with Crippen molar-refractivity contribution in [3.8, 4) is 11.4 Å². The molecule has 0 saturated heterocycles. The number of rotatable bonds is 7. The van der Waals surface area contributed by atoms with E-state index in [-0.39, 0.29) is 11.2 Å². The molecule has 4 fully saturated rings. The predicted octanol–water partition coefficient (Wildman–Crippen LogP) is 5.72. The monoisotopic (exact) mass is 459 g/mol. The molecule has 170 valence electrons. The van der Waals surface area contributed by atoms with Crippen LogP contribution in [0.15, 0.2) is 59.8 Å². The minimum absolute atomic E-state index is 0.0848. The first kappa shape index (κ1) is 21.0. The van der Waals surface area contributed by atoms with Crippen molar-refractivity contribution >= 4 is 17.5 Å². The van der Waals surface area contributed by atoms with E-state index in [1.165, 1.54) is 50.3 Å². The number of Topliss-reactive ketones (excluding diaryl/α,β-unsaturated/α-hetero) is 1. The number of ketones is 1. The van der Waals surface area contributed by atoms with Gasteiger partial charge in [-0.05, 0) is 92.7 Å². The minimum atomic E-state index is 0.0848. The number of methoxy groups -OCH3 is 1. The molecule has 4 aliphatic carbocycles. The molecule has 4 aliphatic rings. The molecule has 0 aliphatic heterocycles. The van der Waals surface area contributed by atoms with E-state index in [1.807, 2.05) is 30.3 Å². The second kappa shape index (κ2) is 8.32. The number of aromatic nitrogens is 3. The van der Waals surface area contributed by atoms with E-state index in [0.717, 1.165) is 40.2 Å². The Morgan fingerprint density at radius 3 is 2.21 bits per heavy atom. The van der Waals surface area contributed by atoms with Crippen LogP contribution in [0, 0.1) is 17.8 Å². The van der Waals surface area contributed by atoms with Gasteiger partial charge in [0.2, 0.25) is 0 Å². The molecule has 0 amide bonds. The maximum absolute atomic E-state index is 12.9. The summed E-state index contributed by atoms with van der Waals surface area (Å²) in [5.74, 6) is 4.80. The van der Waals surface area contributed by atoms with Gasteiger partial charge in [-0.2, -0.15) is 0 Å². The molecule has 0 atom stereocenters. The average molecular weight is 460 g/mol. The fraction of sp³-hybridized carbons (Fsp3) is 0.444. The number of para-hydroxylation sites is 1. The van der Waals surface area contributed by atoms with E-state index in [4.69, 9.17) is 9.84 Å². The molecule has 0 spiro atoms. The molecule has 0 N–H and O–H groups in total. The third-order valence-corrected chi connectivity index (χ3v) is 8.83. The first-order valence-electron chi connectivity index (χ1n) is 11.9. The Morgan fingerprint density at radius 1 is 0.970 bits per heavy atom. The zero-order valence-corrected chi connectivity index (χ0v) is 19.8. The van der Waals surface area contributed by atoms with Crippen LogP contribution < -0.4 is 4.74 Å². The van der Waals surface area contributed by atoms with Crippen molar-refractivity contribution in [1.82, 2.24) is 14.8 Å². The van der Waals surface area contributed by atoms with Gasteiger partial charge in [0.05, 0.1) is 12.9 Å². The second-order valence-corrected chi connectivity index (χ2v) is 11.1. The van der Waals surface area contributed by atoms with Gasteiger partial charge in [0.25, 0.3) is 0 Å². The summed E-state index contributed by atoms with van der Waals surface area (Å²) >= 11 is 1.49. The first-order valence-corrected chi connectivity index (χ1v) is 12.9. The molecule has 0 radical (unpaired) electrons. The SMILES string of the molecule is COc1ccc(C(=O)CSc2nnc(C34CC5CC(CC(C5)C3)C4)n2-c2ccccc2)cc1. The molecule has 33 heavy (non-hydrogen) atoms. The number of benzene rings is 2. The molecule has 3 aromatic rings. The molecule has 5 nitrogen and oxygen atoms in total. The molecule has 1 aromatic heterocycles. The maximum Gasteiger partial charge on any atom is 0.196 e. The number of ether oxygens (including phenoxy) is 1. The summed E-state index contributed by atoms with van der Waals surface area (Å²) in [5, 5.41) is 10.3. The zero-order chi connectivity index (χ0) is 22.4. The Morgan fingerprint density at radius 2 is 1.61 bits per heavy atom. The largest absolute Gasteiger partial charge is 0.497 e. The minimum Gasteiger partial charge on any atom is -0.497 e. The average Bonchev–Trinajstić information content (AvgIpc) is 3.27. The Labute approximate surface area is 198 Å². The summed E-state index contributed by atoms with van der Waals surface area (Å²) in [5.41, 5.74) is 1.92. The van der Waals surface area contributed by atoms with Gasteiger partial charge < -0.3 is 4.74 Å². The third-order valence-electron chi connectivity index (χ3n) is 7.90. The van der Waals surface area contributed by atoms with E-state index < -0.39 is 0 Å². The molecule has 7 rings (SSSR count). The molecule has 1 heterocycles. The normalized spacial score (nSPS) is 27.6. The van der Waals surface area contributed by atoms with E-state index in [9.17, 15) is 4.79 Å². The number of carbonyl (C=O) groups is 1. The van der Waals surface area contributed by atoms with Crippen LogP contribution in [0.25, 0.3) is 5.69 Å². The Hall–Kier alpha value is -2.60. The van der Waals surface area contributed by atoms with Crippen molar-refractivity contribution in [3.05, 3.63) is 66.0 Å². The predicted molar refractivity (Wildman–Crippen MR) is 129 cm³/mol. The molecule has 4 bridgehead atoms. The van der Waals surface area contributed by atoms with Crippen LogP contribution in [0.4, 0.5) is 0 Å². The molecule has 6 heteroatoms. The van der Waals surface area contributed by atoms with Crippen LogP contribution in [0.3, 0.4) is 0 Å². The molecule has 2 aromatic carbocycles. The Balaban J connectivity index is 1.31. The first-order chi connectivity index (χ1) is 16.1. The van der Waals surface area contributed by atoms with Crippen molar-refractivity contribution in [2.75, 3.05) is 12.9 Å². The topological polar surface area (TPSA) is 57.0 Å². The van der Waals surface area contributed by atoms with Gasteiger partial charge in [0.1, 0.15) is 11.6 Å². The van der Waals surface area contributed by atoms with Crippen molar-refractivity contribution in [2.24, 2.45) is 17.8 Å². The van der Waals surface area contributed by atoms with Gasteiger partial charge in [0.15, 0.2) is 10.9 Å². The highest BCUT2D eigenvalue weighted by Crippen LogP contribution is 2.60. The lowest BCUT2D eigenvalue weighted by atomic mass is 9.49. The molecular formula is C27H29N3O2S. The maximum atomic E-state index is 12.9. The van der Waals surface area contributed by atoms with E-state index in [0.29, 0.717) is 11.3 Å². The molecule has 4 saturated carbocycles. The van der Waals surface area contributed by atoms with Crippen LogP contribution in [0.1, 0.15) is 54.7 Å². The van der Waals surface area contributed by atoms with Crippen molar-refractivity contribution in [1.29, 1.82) is 0 Å². The fourth-order valence-electron chi connectivity index (χ4n) is 6.89. The Kier molecular flexibility index (Phi) is 5.28. The van der Waals surface area contributed by atoms with Gasteiger partial charge in [-0.1, -0.05) is 30.0 Å². The van der Waals surface area contributed by atoms with Gasteiger partial charge in [-0.3, -0.25) is 9.36 Å². The van der Waals surface area contributed by atoms with E-state index in [1.54, 1.807) is 7.11 Å². The summed E-state index contributed by atoms with van der Waals surface area (Å²) in [6, 6.07) is 17.7. The van der Waals surface area contributed by atoms with E-state index >= 15 is 0 Å². The van der Waals surface area contributed by atoms with Gasteiger partial charge in [-0.25, -0.2) is 0 Å². The summed E-state index contributed by atoms with van der Waals surface area (Å²) in [6.07, 6.45) is 7.91. The van der Waals surface area contributed by atoms with Crippen LogP contribution in [-0.2, 0) is 5.41 Å². The number of hydrogen-bond donors (Lipinski definition) is 0. The van der Waals surface area contributed by atoms with Crippen LogP contribution in [0.5, 0.6) is 5.75 Å². The molecule has 0 unspecified atom stereocenters. The van der Waals surface area contributed by atoms with Crippen molar-refractivity contribution in [2.45, 2.75) is 49.1 Å². The van der Waals surface area contributed by atoms with Crippen LogP contribution in [0.2, 0.25) is 0 Å². The number of nitrogens with zero attached hydrogens (tertiary/aromatic N) is 3. The highest BCUT2D eigenvalue weighted by molar-refractivity contribution is 7.99. The summed E-state index contributed by atoms with van der Waals surface area (Å²) in [4.78, 5) is 12.9. The summed E-state index contributed by atoms with van der Waals surface area (Å²) < 4.78 is 7.46. The molecular weight excluding hydrogens is 430 g/mol. The third kappa shape index (κ3) is 3.78. The second-order valence-electron chi connectivity index (χ2n) is 10.1. The standard InChI is InChI=1S/C27H29N3O2S/c1-32-23-9-7-21(8-10-23)24(31)17-33-26-29-28-25(30(26)22-5-3-2-4-6-22)27-14-18-11-19(15-27)13-20(12-18)16-27/h2-10,18-20H,11-17H2,1H3. The fourth-order valence-corrected chi connectivity index (χ4v) is 7.74. The van der Waals surface area contributed by atoms with Crippen molar-refractivity contribution in [3.63, 3.8) is 0 Å². The lowest BCUT2D eigenvalue weighted by Crippen LogP contribution is -2.49. The Bertz CT molecular complexity index is 1120. The van der Waals surface area contributed by atoms with Crippen LogP contribution in [-0.4, -0.2) is 33.4 Å². The lowest BCUT2D eigenvalue weighted by Gasteiger charge is -2.56. The van der Waals surface area contributed by atoms with Crippen molar-refractivity contribution < 1.29 is 9.53 Å². The smallest absolute Gasteiger partial charge is 0.196 e. The van der Waals surface area contributed by atoms with Gasteiger partial charge in [0, 0.05) is 16.7 Å². The highest BCUT2D eigenvalue weighted by atomic mass is 32.2. The number of hydrogen-bond acceptors (Lipinski definition) is 5. The van der Waals surface area contributed by atoms with Crippen LogP contribution >= 0.6 is 11.8 Å². The number of thioether (sulfide) groups is 1. The quantitative estimate of drug-likeness (QED) is 0.334. The summed E-state index contributed by atoms with van der Waals surface area (Å²) in [7, 11) is 1.63. The lowest BCUT2D eigenvalue weighted by molar-refractivity contribution is -0.0103. The van der Waals surface area contributed by atoms with E-state index in [2.05, 4.69) is 33.9 Å². The summed E-state index contributed by atoms with van der Waals surface area (Å²) in [6.45, 7) is 0. The number of carbonyl (C=O) groups excluding carboxylic acids is 1. The van der Waals surface area contributed by atoms with Gasteiger partial charge >= 0.3 is 0 Å². The highest BCUT2D eigenvalue weighted by Gasteiger charge is 2.54. The van der Waals surface area contributed by atoms with Gasteiger partial charge in [-0.15, -0.1) is 10.2 Å². The zero-order valence-electron chi connectivity index (χ0n) is 18.9.